The van der Waals surface area contributed by atoms with E-state index >= 15 is 0 Å². The normalized spacial score (nSPS) is 12.4. The van der Waals surface area contributed by atoms with Crippen LogP contribution in [0.15, 0.2) is 11.6 Å². The molecule has 0 spiro atoms. The zero-order valence-corrected chi connectivity index (χ0v) is 9.88. The van der Waals surface area contributed by atoms with Gasteiger partial charge in [-0.25, -0.2) is 8.42 Å². The monoisotopic (exact) mass is 239 g/mol. The third-order valence-electron chi connectivity index (χ3n) is 1.12. The molecule has 0 aromatic heterocycles. The molecule has 0 aromatic rings. The molecule has 0 aliphatic carbocycles. The Balaban J connectivity index is 4.62. The van der Waals surface area contributed by atoms with Crippen molar-refractivity contribution in [2.75, 3.05) is 6.16 Å². The minimum Gasteiger partial charge on any atom is -0.307 e. The first-order valence-corrected chi connectivity index (χ1v) is 6.89. The van der Waals surface area contributed by atoms with E-state index in [1.54, 1.807) is 0 Å². The van der Waals surface area contributed by atoms with Crippen molar-refractivity contribution in [1.29, 1.82) is 5.41 Å². The third kappa shape index (κ3) is 5.97. The maximum Gasteiger partial charge on any atom is 0.266 e. The summed E-state index contributed by atoms with van der Waals surface area (Å²) < 4.78 is 21.5. The van der Waals surface area contributed by atoms with E-state index in [0.29, 0.717) is 14.4 Å². The number of hydrogen-bond donors (Lipinski definition) is 1. The summed E-state index contributed by atoms with van der Waals surface area (Å²) in [6.07, 6.45) is 3.24. The highest BCUT2D eigenvalue weighted by molar-refractivity contribution is 8.30. The molecule has 0 radical (unpaired) electrons. The first-order valence-electron chi connectivity index (χ1n) is 3.51. The maximum atomic E-state index is 10.8. The molecular weight excluding hydrogens is 229 g/mol. The second-order valence-corrected chi connectivity index (χ2v) is 6.54. The maximum absolute atomic E-state index is 10.8. The third-order valence-corrected chi connectivity index (χ3v) is 4.47. The molecule has 0 unspecified atom stereocenters. The van der Waals surface area contributed by atoms with Crippen LogP contribution in [0.1, 0.15) is 13.8 Å². The lowest BCUT2D eigenvalue weighted by atomic mass is 10.3. The Morgan fingerprint density at radius 2 is 2.08 bits per heavy atom. The molecule has 0 saturated heterocycles. The van der Waals surface area contributed by atoms with Crippen LogP contribution >= 0.6 is 18.9 Å². The smallest absolute Gasteiger partial charge is 0.266 e. The largest absolute Gasteiger partial charge is 0.307 e. The van der Waals surface area contributed by atoms with Crippen LogP contribution in [0.4, 0.5) is 0 Å². The molecule has 0 heterocycles. The van der Waals surface area contributed by atoms with Crippen LogP contribution in [-0.2, 0) is 9.05 Å². The highest BCUT2D eigenvalue weighted by Gasteiger charge is 2.10. The summed E-state index contributed by atoms with van der Waals surface area (Å²) in [5.41, 5.74) is 1.11. The predicted octanol–water partition coefficient (Wildman–Crippen LogP) is 2.25. The summed E-state index contributed by atoms with van der Waals surface area (Å²) in [5.74, 6) is 0. The Morgan fingerprint density at radius 1 is 1.54 bits per heavy atom. The molecule has 6 heteroatoms. The minimum atomic E-state index is -3.71. The molecule has 3 nitrogen and oxygen atoms in total. The Bertz CT molecular complexity index is 342. The van der Waals surface area contributed by atoms with Crippen LogP contribution < -0.4 is 0 Å². The van der Waals surface area contributed by atoms with Gasteiger partial charge in [-0.2, -0.15) is 0 Å². The zero-order valence-electron chi connectivity index (χ0n) is 7.41. The molecule has 1 N–H and O–H groups in total. The predicted molar refractivity (Wildman–Crippen MR) is 59.8 cm³/mol. The molecule has 0 aromatic carbocycles. The number of hydrogen-bond acceptors (Lipinski definition) is 3. The van der Waals surface area contributed by atoms with E-state index in [1.165, 1.54) is 0 Å². The first kappa shape index (κ1) is 12.8. The van der Waals surface area contributed by atoms with Crippen molar-refractivity contribution in [3.8, 4) is 0 Å². The summed E-state index contributed by atoms with van der Waals surface area (Å²) in [5, 5.41) is 6.85. The lowest BCUT2D eigenvalue weighted by molar-refractivity contribution is 0.620. The van der Waals surface area contributed by atoms with Gasteiger partial charge >= 0.3 is 0 Å². The van der Waals surface area contributed by atoms with E-state index in [2.05, 4.69) is 0 Å². The minimum absolute atomic E-state index is 0.0633. The van der Waals surface area contributed by atoms with Crippen LogP contribution in [0.5, 0.6) is 0 Å². The first-order chi connectivity index (χ1) is 5.88. The molecule has 74 valence electrons. The van der Waals surface area contributed by atoms with Crippen molar-refractivity contribution in [2.24, 2.45) is 0 Å². The number of halogens is 1. The quantitative estimate of drug-likeness (QED) is 0.354. The molecule has 0 aliphatic heterocycles. The number of rotatable bonds is 4. The van der Waals surface area contributed by atoms with Crippen LogP contribution in [-0.4, -0.2) is 25.4 Å². The van der Waals surface area contributed by atoms with Gasteiger partial charge in [0, 0.05) is 23.1 Å². The van der Waals surface area contributed by atoms with Crippen molar-refractivity contribution in [3.63, 3.8) is 0 Å². The Hall–Kier alpha value is -0.180. The second kappa shape index (κ2) is 5.53. The Labute approximate surface area is 84.5 Å². The summed E-state index contributed by atoms with van der Waals surface area (Å²) >= 11 is 0. The van der Waals surface area contributed by atoms with E-state index in [0.717, 1.165) is 11.8 Å². The van der Waals surface area contributed by atoms with Crippen LogP contribution in [0, 0.1) is 5.41 Å². The van der Waals surface area contributed by atoms with Crippen LogP contribution in [0.2, 0.25) is 0 Å². The molecule has 0 fully saturated rings. The average molecular weight is 240 g/mol. The van der Waals surface area contributed by atoms with Crippen molar-refractivity contribution < 1.29 is 8.42 Å². The SMILES string of the molecule is CC(C)=CCP=C(C=N)S(=O)(=O)Cl. The Morgan fingerprint density at radius 3 is 2.38 bits per heavy atom. The second-order valence-electron chi connectivity index (χ2n) is 2.54. The highest BCUT2D eigenvalue weighted by atomic mass is 35.7. The average Bonchev–Trinajstić information content (AvgIpc) is 1.95. The van der Waals surface area contributed by atoms with Gasteiger partial charge in [0.2, 0.25) is 0 Å². The molecule has 0 bridgehead atoms. The molecule has 0 aliphatic rings. The van der Waals surface area contributed by atoms with Gasteiger partial charge in [0.25, 0.3) is 9.05 Å². The van der Waals surface area contributed by atoms with E-state index in [-0.39, 0.29) is 4.63 Å². The van der Waals surface area contributed by atoms with Gasteiger partial charge in [-0.15, -0.1) is 0 Å². The highest BCUT2D eigenvalue weighted by Crippen LogP contribution is 2.09. The standard InChI is InChI=1S/C7H11ClNO2PS/c1-6(2)3-4-12-7(5-9)13(8,10)11/h3,5,9H,4H2,1-2H3. The summed E-state index contributed by atoms with van der Waals surface area (Å²) in [4.78, 5) is 0. The fourth-order valence-electron chi connectivity index (χ4n) is 0.511. The lowest BCUT2D eigenvalue weighted by Crippen LogP contribution is -2.06. The number of allylic oxidation sites excluding steroid dienone is 2. The van der Waals surface area contributed by atoms with E-state index in [1.807, 2.05) is 19.9 Å². The van der Waals surface area contributed by atoms with Gasteiger partial charge < -0.3 is 5.41 Å². The summed E-state index contributed by atoms with van der Waals surface area (Å²) in [7, 11) is 1.90. The van der Waals surface area contributed by atoms with Crippen LogP contribution in [0.25, 0.3) is 0 Å². The summed E-state index contributed by atoms with van der Waals surface area (Å²) in [6, 6.07) is 0. The molecule has 13 heavy (non-hydrogen) atoms. The fraction of sp³-hybridized carbons (Fsp3) is 0.429. The van der Waals surface area contributed by atoms with Gasteiger partial charge in [0.05, 0.1) is 0 Å². The fourth-order valence-corrected chi connectivity index (χ4v) is 2.79. The molecule has 0 amide bonds. The van der Waals surface area contributed by atoms with E-state index < -0.39 is 9.05 Å². The van der Waals surface area contributed by atoms with Gasteiger partial charge in [-0.3, -0.25) is 0 Å². The van der Waals surface area contributed by atoms with Crippen molar-refractivity contribution in [1.82, 2.24) is 0 Å². The van der Waals surface area contributed by atoms with Gasteiger partial charge in [0.1, 0.15) is 4.63 Å². The molecule has 0 atom stereocenters. The van der Waals surface area contributed by atoms with Crippen molar-refractivity contribution in [2.45, 2.75) is 13.8 Å². The van der Waals surface area contributed by atoms with Gasteiger partial charge in [0.15, 0.2) is 0 Å². The van der Waals surface area contributed by atoms with Crippen LogP contribution in [0.3, 0.4) is 0 Å². The zero-order chi connectivity index (χ0) is 10.5. The molecule has 0 saturated carbocycles. The van der Waals surface area contributed by atoms with E-state index in [4.69, 9.17) is 16.1 Å². The van der Waals surface area contributed by atoms with Crippen molar-refractivity contribution in [3.05, 3.63) is 11.6 Å². The molecule has 0 rings (SSSR count). The number of nitrogens with one attached hydrogen (secondary N) is 1. The molecular formula is C7H11ClNO2PS. The Kier molecular flexibility index (Phi) is 5.45. The van der Waals surface area contributed by atoms with E-state index in [9.17, 15) is 8.42 Å². The summed E-state index contributed by atoms with van der Waals surface area (Å²) in [6.45, 7) is 3.85. The lowest BCUT2D eigenvalue weighted by Gasteiger charge is -1.92. The van der Waals surface area contributed by atoms with Gasteiger partial charge in [-0.1, -0.05) is 19.9 Å². The van der Waals surface area contributed by atoms with Crippen molar-refractivity contribution >= 4 is 38.8 Å². The van der Waals surface area contributed by atoms with Gasteiger partial charge in [-0.05, 0) is 13.8 Å². The topological polar surface area (TPSA) is 58.0 Å².